The topological polar surface area (TPSA) is 49.0 Å². The molecule has 0 saturated heterocycles. The molecule has 20 heavy (non-hydrogen) atoms. The molecule has 1 N–H and O–H groups in total. The van der Waals surface area contributed by atoms with Crippen molar-refractivity contribution >= 4 is 15.9 Å². The lowest BCUT2D eigenvalue weighted by Gasteiger charge is -2.17. The van der Waals surface area contributed by atoms with Gasteiger partial charge >= 0.3 is 0 Å². The fourth-order valence-electron chi connectivity index (χ4n) is 1.96. The van der Waals surface area contributed by atoms with Crippen LogP contribution in [0.1, 0.15) is 19.4 Å². The highest BCUT2D eigenvalue weighted by molar-refractivity contribution is 9.10. The Hall–Kier alpha value is -0.820. The van der Waals surface area contributed by atoms with Gasteiger partial charge in [0.15, 0.2) is 17.8 Å². The van der Waals surface area contributed by atoms with Gasteiger partial charge in [-0.2, -0.15) is 0 Å². The molecule has 6 heteroatoms. The summed E-state index contributed by atoms with van der Waals surface area (Å²) in [5.41, 5.74) is 1.11. The van der Waals surface area contributed by atoms with Gasteiger partial charge in [-0.25, -0.2) is 0 Å². The summed E-state index contributed by atoms with van der Waals surface area (Å²) in [5, 5.41) is 3.33. The van der Waals surface area contributed by atoms with Gasteiger partial charge in [0.25, 0.3) is 0 Å². The van der Waals surface area contributed by atoms with E-state index in [1.807, 2.05) is 26.0 Å². The fourth-order valence-corrected chi connectivity index (χ4v) is 2.42. The molecule has 1 aliphatic rings. The molecular formula is C14H20BrNO4. The number of hydrogen-bond donors (Lipinski definition) is 1. The molecule has 0 unspecified atom stereocenters. The second-order valence-corrected chi connectivity index (χ2v) is 5.12. The van der Waals surface area contributed by atoms with Crippen LogP contribution < -0.4 is 14.8 Å². The van der Waals surface area contributed by atoms with Gasteiger partial charge in [0, 0.05) is 30.8 Å². The summed E-state index contributed by atoms with van der Waals surface area (Å²) >= 11 is 3.54. The van der Waals surface area contributed by atoms with Crippen molar-refractivity contribution in [3.63, 3.8) is 0 Å². The number of hydrogen-bond acceptors (Lipinski definition) is 5. The average molecular weight is 346 g/mol. The molecule has 112 valence electrons. The Balaban J connectivity index is 1.87. The van der Waals surface area contributed by atoms with Crippen LogP contribution in [0.2, 0.25) is 0 Å². The van der Waals surface area contributed by atoms with Gasteiger partial charge in [-0.1, -0.05) is 15.9 Å². The maximum atomic E-state index is 5.48. The zero-order valence-electron chi connectivity index (χ0n) is 11.8. The lowest BCUT2D eigenvalue weighted by atomic mass is 10.2. The van der Waals surface area contributed by atoms with Gasteiger partial charge < -0.3 is 24.3 Å². The molecule has 0 atom stereocenters. The summed E-state index contributed by atoms with van der Waals surface area (Å²) in [6.45, 7) is 6.83. The third-order valence-electron chi connectivity index (χ3n) is 2.87. The zero-order chi connectivity index (χ0) is 14.4. The molecule has 0 bridgehead atoms. The lowest BCUT2D eigenvalue weighted by Crippen LogP contribution is -2.31. The van der Waals surface area contributed by atoms with Gasteiger partial charge in [0.05, 0.1) is 0 Å². The third-order valence-corrected chi connectivity index (χ3v) is 3.61. The first kappa shape index (κ1) is 15.6. The van der Waals surface area contributed by atoms with E-state index in [0.717, 1.165) is 21.5 Å². The van der Waals surface area contributed by atoms with Gasteiger partial charge in [0.1, 0.15) is 0 Å². The molecule has 1 heterocycles. The van der Waals surface area contributed by atoms with Crippen molar-refractivity contribution in [3.8, 4) is 11.5 Å². The van der Waals surface area contributed by atoms with E-state index in [2.05, 4.69) is 21.2 Å². The van der Waals surface area contributed by atoms with Crippen LogP contribution in [0.5, 0.6) is 11.5 Å². The zero-order valence-corrected chi connectivity index (χ0v) is 13.4. The second kappa shape index (κ2) is 7.83. The van der Waals surface area contributed by atoms with E-state index in [4.69, 9.17) is 18.9 Å². The predicted octanol–water partition coefficient (Wildman–Crippen LogP) is 2.67. The number of benzene rings is 1. The predicted molar refractivity (Wildman–Crippen MR) is 79.0 cm³/mol. The summed E-state index contributed by atoms with van der Waals surface area (Å²) in [6.07, 6.45) is -0.210. The lowest BCUT2D eigenvalue weighted by molar-refractivity contribution is -0.133. The van der Waals surface area contributed by atoms with Crippen molar-refractivity contribution in [3.05, 3.63) is 22.2 Å². The van der Waals surface area contributed by atoms with Crippen LogP contribution >= 0.6 is 15.9 Å². The van der Waals surface area contributed by atoms with Crippen LogP contribution in [0.4, 0.5) is 0 Å². The maximum absolute atomic E-state index is 5.48. The maximum Gasteiger partial charge on any atom is 0.231 e. The molecule has 0 fully saturated rings. The van der Waals surface area contributed by atoms with Crippen molar-refractivity contribution < 1.29 is 18.9 Å². The van der Waals surface area contributed by atoms with Crippen LogP contribution in [0.15, 0.2) is 16.6 Å². The van der Waals surface area contributed by atoms with E-state index in [-0.39, 0.29) is 13.1 Å². The Bertz CT molecular complexity index is 435. The first-order valence-electron chi connectivity index (χ1n) is 6.76. The molecule has 1 aromatic rings. The van der Waals surface area contributed by atoms with Crippen LogP contribution in [0.25, 0.3) is 0 Å². The summed E-state index contributed by atoms with van der Waals surface area (Å²) in [5.74, 6) is 1.57. The number of fused-ring (bicyclic) bond motifs is 1. The Labute approximate surface area is 127 Å². The van der Waals surface area contributed by atoms with Crippen LogP contribution in [0, 0.1) is 0 Å². The van der Waals surface area contributed by atoms with Crippen LogP contribution in [0.3, 0.4) is 0 Å². The van der Waals surface area contributed by atoms with Crippen LogP contribution in [-0.4, -0.2) is 32.8 Å². The van der Waals surface area contributed by atoms with Gasteiger partial charge in [-0.15, -0.1) is 0 Å². The second-order valence-electron chi connectivity index (χ2n) is 4.27. The van der Waals surface area contributed by atoms with E-state index in [1.165, 1.54) is 0 Å². The minimum absolute atomic E-state index is 0.210. The Kier molecular flexibility index (Phi) is 6.09. The molecule has 0 aromatic heterocycles. The third kappa shape index (κ3) is 4.09. The average Bonchev–Trinajstić information content (AvgIpc) is 2.86. The first-order valence-corrected chi connectivity index (χ1v) is 7.55. The highest BCUT2D eigenvalue weighted by Gasteiger charge is 2.16. The monoisotopic (exact) mass is 345 g/mol. The van der Waals surface area contributed by atoms with Gasteiger partial charge in [-0.3, -0.25) is 0 Å². The summed E-state index contributed by atoms with van der Waals surface area (Å²) in [7, 11) is 0. The summed E-state index contributed by atoms with van der Waals surface area (Å²) < 4.78 is 22.7. The van der Waals surface area contributed by atoms with Crippen molar-refractivity contribution in [2.75, 3.05) is 26.6 Å². The number of nitrogens with one attached hydrogen (secondary N) is 1. The molecule has 2 rings (SSSR count). The summed E-state index contributed by atoms with van der Waals surface area (Å²) in [4.78, 5) is 0. The largest absolute Gasteiger partial charge is 0.454 e. The molecule has 0 amide bonds. The van der Waals surface area contributed by atoms with E-state index >= 15 is 0 Å². The van der Waals surface area contributed by atoms with E-state index < -0.39 is 0 Å². The van der Waals surface area contributed by atoms with Crippen molar-refractivity contribution in [1.29, 1.82) is 0 Å². The highest BCUT2D eigenvalue weighted by Crippen LogP contribution is 2.36. The Morgan fingerprint density at radius 3 is 2.50 bits per heavy atom. The van der Waals surface area contributed by atoms with E-state index in [9.17, 15) is 0 Å². The minimum atomic E-state index is -0.210. The van der Waals surface area contributed by atoms with Gasteiger partial charge in [0.2, 0.25) is 6.79 Å². The number of rotatable bonds is 8. The van der Waals surface area contributed by atoms with E-state index in [0.29, 0.717) is 26.3 Å². The van der Waals surface area contributed by atoms with Crippen molar-refractivity contribution in [1.82, 2.24) is 5.32 Å². The molecular weight excluding hydrogens is 326 g/mol. The van der Waals surface area contributed by atoms with Crippen molar-refractivity contribution in [2.24, 2.45) is 0 Å². The minimum Gasteiger partial charge on any atom is -0.454 e. The Morgan fingerprint density at radius 2 is 1.85 bits per heavy atom. The quantitative estimate of drug-likeness (QED) is 0.734. The molecule has 1 aliphatic heterocycles. The molecule has 0 aliphatic carbocycles. The SMILES string of the molecule is CCOC(CNCc1cc2c(cc1Br)OCO2)OCC. The standard InChI is InChI=1S/C14H20BrNO4/c1-3-17-14(18-4-2)8-16-7-10-5-12-13(6-11(10)15)20-9-19-12/h5-6,14,16H,3-4,7-9H2,1-2H3. The summed E-state index contributed by atoms with van der Waals surface area (Å²) in [6, 6.07) is 3.91. The number of ether oxygens (including phenoxy) is 4. The molecule has 0 radical (unpaired) electrons. The smallest absolute Gasteiger partial charge is 0.231 e. The van der Waals surface area contributed by atoms with Crippen LogP contribution in [-0.2, 0) is 16.0 Å². The van der Waals surface area contributed by atoms with E-state index in [1.54, 1.807) is 0 Å². The normalized spacial score (nSPS) is 13.2. The first-order chi connectivity index (χ1) is 9.74. The molecule has 5 nitrogen and oxygen atoms in total. The highest BCUT2D eigenvalue weighted by atomic mass is 79.9. The van der Waals surface area contributed by atoms with Gasteiger partial charge in [-0.05, 0) is 31.5 Å². The fraction of sp³-hybridized carbons (Fsp3) is 0.571. The number of halogens is 1. The Morgan fingerprint density at radius 1 is 1.20 bits per heavy atom. The molecule has 0 spiro atoms. The molecule has 0 saturated carbocycles. The van der Waals surface area contributed by atoms with Crippen molar-refractivity contribution in [2.45, 2.75) is 26.7 Å². The molecule has 1 aromatic carbocycles.